The van der Waals surface area contributed by atoms with Gasteiger partial charge in [-0.05, 0) is 32.2 Å². The van der Waals surface area contributed by atoms with Crippen molar-refractivity contribution in [2.75, 3.05) is 33.0 Å². The van der Waals surface area contributed by atoms with E-state index in [1.165, 1.54) is 19.3 Å². The first-order valence-corrected chi connectivity index (χ1v) is 6.32. The van der Waals surface area contributed by atoms with Crippen LogP contribution in [0.5, 0.6) is 0 Å². The summed E-state index contributed by atoms with van der Waals surface area (Å²) in [6.07, 6.45) is 6.21. The van der Waals surface area contributed by atoms with E-state index >= 15 is 0 Å². The molecule has 0 aromatic rings. The summed E-state index contributed by atoms with van der Waals surface area (Å²) in [5.74, 6) is 0. The molecule has 0 saturated heterocycles. The summed E-state index contributed by atoms with van der Waals surface area (Å²) >= 11 is 0. The molecule has 0 aliphatic heterocycles. The van der Waals surface area contributed by atoms with Gasteiger partial charge in [0, 0.05) is 19.3 Å². The highest BCUT2D eigenvalue weighted by Gasteiger charge is 2.19. The third-order valence-corrected chi connectivity index (χ3v) is 2.49. The van der Waals surface area contributed by atoms with Crippen molar-refractivity contribution in [2.24, 2.45) is 0 Å². The van der Waals surface area contributed by atoms with Crippen molar-refractivity contribution in [2.45, 2.75) is 45.1 Å². The molecule has 3 nitrogen and oxygen atoms in total. The fourth-order valence-electron chi connectivity index (χ4n) is 1.34. The molecule has 1 rings (SSSR count). The number of ether oxygens (including phenoxy) is 2. The molecule has 1 saturated carbocycles. The summed E-state index contributed by atoms with van der Waals surface area (Å²) < 4.78 is 10.8. The van der Waals surface area contributed by atoms with E-state index in [9.17, 15) is 0 Å². The Morgan fingerprint density at radius 3 is 2.27 bits per heavy atom. The van der Waals surface area contributed by atoms with Crippen molar-refractivity contribution in [3.8, 4) is 0 Å². The van der Waals surface area contributed by atoms with E-state index in [4.69, 9.17) is 9.47 Å². The molecule has 0 aromatic carbocycles. The van der Waals surface area contributed by atoms with E-state index in [0.29, 0.717) is 0 Å². The molecule has 90 valence electrons. The molecule has 0 aromatic heterocycles. The van der Waals surface area contributed by atoms with Gasteiger partial charge in [0.15, 0.2) is 0 Å². The average molecular weight is 215 g/mol. The minimum atomic E-state index is 0.743. The number of hydrogen-bond acceptors (Lipinski definition) is 3. The van der Waals surface area contributed by atoms with Crippen LogP contribution in [-0.2, 0) is 9.47 Å². The van der Waals surface area contributed by atoms with Gasteiger partial charge < -0.3 is 14.8 Å². The quantitative estimate of drug-likeness (QED) is 0.534. The first-order chi connectivity index (χ1) is 7.43. The van der Waals surface area contributed by atoms with Crippen LogP contribution in [0.25, 0.3) is 0 Å². The highest BCUT2D eigenvalue weighted by Crippen LogP contribution is 2.18. The number of rotatable bonds is 11. The van der Waals surface area contributed by atoms with Gasteiger partial charge in [0.1, 0.15) is 0 Å². The van der Waals surface area contributed by atoms with Gasteiger partial charge in [0.25, 0.3) is 0 Å². The summed E-state index contributed by atoms with van der Waals surface area (Å²) in [5.41, 5.74) is 0. The van der Waals surface area contributed by atoms with E-state index in [0.717, 1.165) is 51.9 Å². The van der Waals surface area contributed by atoms with Crippen molar-refractivity contribution >= 4 is 0 Å². The Morgan fingerprint density at radius 1 is 1.00 bits per heavy atom. The summed E-state index contributed by atoms with van der Waals surface area (Å²) in [6, 6.07) is 0.822. The molecule has 0 spiro atoms. The SMILES string of the molecule is CCCCOCCOCCCNC1CC1. The van der Waals surface area contributed by atoms with Crippen LogP contribution in [0.4, 0.5) is 0 Å². The van der Waals surface area contributed by atoms with Gasteiger partial charge in [-0.15, -0.1) is 0 Å². The highest BCUT2D eigenvalue weighted by molar-refractivity contribution is 4.80. The summed E-state index contributed by atoms with van der Waals surface area (Å²) in [7, 11) is 0. The van der Waals surface area contributed by atoms with Crippen LogP contribution in [-0.4, -0.2) is 39.0 Å². The van der Waals surface area contributed by atoms with Gasteiger partial charge >= 0.3 is 0 Å². The predicted octanol–water partition coefficient (Wildman–Crippen LogP) is 1.96. The first kappa shape index (κ1) is 12.9. The van der Waals surface area contributed by atoms with Gasteiger partial charge in [-0.3, -0.25) is 0 Å². The molecule has 3 heteroatoms. The third-order valence-electron chi connectivity index (χ3n) is 2.49. The third kappa shape index (κ3) is 8.85. The highest BCUT2D eigenvalue weighted by atomic mass is 16.5. The van der Waals surface area contributed by atoms with Crippen molar-refractivity contribution < 1.29 is 9.47 Å². The van der Waals surface area contributed by atoms with Crippen LogP contribution in [0.3, 0.4) is 0 Å². The van der Waals surface area contributed by atoms with Gasteiger partial charge in [-0.1, -0.05) is 13.3 Å². The summed E-state index contributed by atoms with van der Waals surface area (Å²) in [5, 5.41) is 3.46. The van der Waals surface area contributed by atoms with Gasteiger partial charge in [0.05, 0.1) is 13.2 Å². The Labute approximate surface area is 93.5 Å². The fourth-order valence-corrected chi connectivity index (χ4v) is 1.34. The zero-order valence-corrected chi connectivity index (χ0v) is 9.96. The molecule has 0 bridgehead atoms. The zero-order valence-electron chi connectivity index (χ0n) is 9.96. The Morgan fingerprint density at radius 2 is 1.67 bits per heavy atom. The van der Waals surface area contributed by atoms with Crippen LogP contribution in [0, 0.1) is 0 Å². The van der Waals surface area contributed by atoms with Crippen molar-refractivity contribution in [3.05, 3.63) is 0 Å². The Bertz CT molecular complexity index is 138. The topological polar surface area (TPSA) is 30.5 Å². The van der Waals surface area contributed by atoms with Crippen LogP contribution in [0.15, 0.2) is 0 Å². The van der Waals surface area contributed by atoms with Gasteiger partial charge in [-0.2, -0.15) is 0 Å². The van der Waals surface area contributed by atoms with Crippen molar-refractivity contribution in [3.63, 3.8) is 0 Å². The summed E-state index contributed by atoms with van der Waals surface area (Å²) in [6.45, 7) is 6.50. The number of hydrogen-bond donors (Lipinski definition) is 1. The molecule has 0 unspecified atom stereocenters. The molecule has 1 aliphatic carbocycles. The fraction of sp³-hybridized carbons (Fsp3) is 1.00. The van der Waals surface area contributed by atoms with Crippen molar-refractivity contribution in [1.82, 2.24) is 5.32 Å². The van der Waals surface area contributed by atoms with Crippen LogP contribution >= 0.6 is 0 Å². The van der Waals surface area contributed by atoms with Crippen molar-refractivity contribution in [1.29, 1.82) is 0 Å². The van der Waals surface area contributed by atoms with Gasteiger partial charge in [0.2, 0.25) is 0 Å². The second-order valence-electron chi connectivity index (χ2n) is 4.16. The molecule has 0 radical (unpaired) electrons. The average Bonchev–Trinajstić information content (AvgIpc) is 3.05. The number of nitrogens with one attached hydrogen (secondary N) is 1. The van der Waals surface area contributed by atoms with E-state index in [-0.39, 0.29) is 0 Å². The van der Waals surface area contributed by atoms with Crippen LogP contribution < -0.4 is 5.32 Å². The maximum absolute atomic E-state index is 5.45. The monoisotopic (exact) mass is 215 g/mol. The molecule has 0 amide bonds. The standard InChI is InChI=1S/C12H25NO2/c1-2-3-8-14-10-11-15-9-4-7-13-12-5-6-12/h12-13H,2-11H2,1H3. The lowest BCUT2D eigenvalue weighted by Crippen LogP contribution is -2.19. The Kier molecular flexibility index (Phi) is 7.88. The second kappa shape index (κ2) is 9.13. The zero-order chi connectivity index (χ0) is 10.8. The van der Waals surface area contributed by atoms with E-state index < -0.39 is 0 Å². The molecule has 1 N–H and O–H groups in total. The second-order valence-corrected chi connectivity index (χ2v) is 4.16. The largest absolute Gasteiger partial charge is 0.379 e. The summed E-state index contributed by atoms with van der Waals surface area (Å²) in [4.78, 5) is 0. The molecular formula is C12H25NO2. The molecule has 0 atom stereocenters. The first-order valence-electron chi connectivity index (χ1n) is 6.32. The van der Waals surface area contributed by atoms with Gasteiger partial charge in [-0.25, -0.2) is 0 Å². The Balaban J connectivity index is 1.62. The number of unbranched alkanes of at least 4 members (excludes halogenated alkanes) is 1. The predicted molar refractivity (Wildman–Crippen MR) is 62.2 cm³/mol. The van der Waals surface area contributed by atoms with E-state index in [1.807, 2.05) is 0 Å². The Hall–Kier alpha value is -0.120. The molecule has 1 fully saturated rings. The van der Waals surface area contributed by atoms with Crippen LogP contribution in [0.1, 0.15) is 39.0 Å². The lowest BCUT2D eigenvalue weighted by Gasteiger charge is -2.05. The molecular weight excluding hydrogens is 190 g/mol. The lowest BCUT2D eigenvalue weighted by atomic mass is 10.4. The normalized spacial score (nSPS) is 15.8. The molecule has 1 aliphatic rings. The van der Waals surface area contributed by atoms with E-state index in [1.54, 1.807) is 0 Å². The lowest BCUT2D eigenvalue weighted by molar-refractivity contribution is 0.0459. The minimum absolute atomic E-state index is 0.743. The molecule has 15 heavy (non-hydrogen) atoms. The smallest absolute Gasteiger partial charge is 0.0700 e. The maximum atomic E-state index is 5.45. The van der Waals surface area contributed by atoms with Crippen LogP contribution in [0.2, 0.25) is 0 Å². The minimum Gasteiger partial charge on any atom is -0.379 e. The molecule has 0 heterocycles. The van der Waals surface area contributed by atoms with E-state index in [2.05, 4.69) is 12.2 Å². The maximum Gasteiger partial charge on any atom is 0.0700 e.